The number of furan rings is 1. The summed E-state index contributed by atoms with van der Waals surface area (Å²) in [5.74, 6) is 0.293. The van der Waals surface area contributed by atoms with Gasteiger partial charge < -0.3 is 14.0 Å². The zero-order valence-corrected chi connectivity index (χ0v) is 38.1. The van der Waals surface area contributed by atoms with Gasteiger partial charge in [-0.1, -0.05) is 130 Å². The van der Waals surface area contributed by atoms with Crippen LogP contribution >= 0.6 is 0 Å². The first kappa shape index (κ1) is 38.7. The summed E-state index contributed by atoms with van der Waals surface area (Å²) in [6.45, 7) is 13.0. The Labute approximate surface area is 369 Å². The van der Waals surface area contributed by atoms with Gasteiger partial charge in [-0.25, -0.2) is 4.39 Å². The second-order valence-corrected chi connectivity index (χ2v) is 21.6. The summed E-state index contributed by atoms with van der Waals surface area (Å²) in [5.41, 5.74) is 11.2. The van der Waals surface area contributed by atoms with Crippen LogP contribution in [0, 0.1) is 50.4 Å². The van der Waals surface area contributed by atoms with Crippen LogP contribution in [0.25, 0.3) is 72.4 Å². The van der Waals surface area contributed by atoms with Crippen molar-refractivity contribution in [3.8, 4) is 39.5 Å². The molecule has 0 fully saturated rings. The largest absolute Gasteiger partial charge is 0.500 e. The van der Waals surface area contributed by atoms with Crippen molar-refractivity contribution in [3.63, 3.8) is 0 Å². The summed E-state index contributed by atoms with van der Waals surface area (Å²) in [7, 11) is -1.56. The first-order valence-corrected chi connectivity index (χ1v) is 23.4. The number of benzene rings is 6. The summed E-state index contributed by atoms with van der Waals surface area (Å²) in [4.78, 5) is 9.36. The van der Waals surface area contributed by atoms with E-state index in [1.807, 2.05) is 42.6 Å². The van der Waals surface area contributed by atoms with Crippen LogP contribution in [0.5, 0.6) is 0 Å². The third kappa shape index (κ3) is 8.42. The zero-order chi connectivity index (χ0) is 44.1. The molecule has 0 saturated carbocycles. The number of fused-ring (bicyclic) bond motifs is 4. The molecular weight excluding hydrogens is 941 g/mol. The van der Waals surface area contributed by atoms with Crippen LogP contribution in [0.2, 0.25) is 19.6 Å². The minimum Gasteiger partial charge on any atom is -0.500 e. The molecule has 0 spiro atoms. The van der Waals surface area contributed by atoms with Crippen LogP contribution in [0.1, 0.15) is 40.2 Å². The molecule has 1 radical (unpaired) electrons. The van der Waals surface area contributed by atoms with E-state index in [0.29, 0.717) is 23.0 Å². The number of rotatable bonds is 7. The first-order chi connectivity index (χ1) is 29.5. The fourth-order valence-corrected chi connectivity index (χ4v) is 9.51. The van der Waals surface area contributed by atoms with Gasteiger partial charge in [0, 0.05) is 58.9 Å². The normalized spacial score (nSPS) is 12.5. The van der Waals surface area contributed by atoms with Crippen LogP contribution < -0.4 is 5.19 Å². The third-order valence-electron chi connectivity index (χ3n) is 10.6. The Bertz CT molecular complexity index is 3100. The molecule has 60 heavy (non-hydrogen) atoms. The van der Waals surface area contributed by atoms with E-state index in [1.165, 1.54) is 28.9 Å². The van der Waals surface area contributed by atoms with Crippen LogP contribution in [-0.4, -0.2) is 22.6 Å². The third-order valence-corrected chi connectivity index (χ3v) is 12.7. The molecule has 0 bridgehead atoms. The molecule has 0 N–H and O–H groups in total. The summed E-state index contributed by atoms with van der Waals surface area (Å²) >= 11 is 0. The van der Waals surface area contributed by atoms with E-state index < -0.39 is 20.7 Å². The van der Waals surface area contributed by atoms with E-state index in [2.05, 4.69) is 118 Å². The molecule has 9 aromatic rings. The molecule has 0 aliphatic rings. The van der Waals surface area contributed by atoms with E-state index in [1.54, 1.807) is 6.07 Å². The maximum Gasteiger partial charge on any atom is 0.128 e. The number of imidazole rings is 1. The van der Waals surface area contributed by atoms with E-state index >= 15 is 0 Å². The van der Waals surface area contributed by atoms with Gasteiger partial charge in [-0.05, 0) is 65.9 Å². The van der Waals surface area contributed by atoms with Gasteiger partial charge in [-0.3, -0.25) is 9.37 Å². The van der Waals surface area contributed by atoms with Crippen molar-refractivity contribution in [2.45, 2.75) is 60.6 Å². The quantitative estimate of drug-likeness (QED) is 0.118. The first-order valence-electron chi connectivity index (χ1n) is 21.4. The van der Waals surface area contributed by atoms with Gasteiger partial charge in [-0.2, -0.15) is 0 Å². The number of hydrogen-bond donors (Lipinski definition) is 0. The minimum absolute atomic E-state index is 0. The second-order valence-electron chi connectivity index (χ2n) is 16.6. The predicted molar refractivity (Wildman–Crippen MR) is 242 cm³/mol. The molecule has 305 valence electrons. The summed E-state index contributed by atoms with van der Waals surface area (Å²) in [6, 6.07) is 42.0. The van der Waals surface area contributed by atoms with Crippen molar-refractivity contribution in [2.24, 2.45) is 5.92 Å². The predicted octanol–water partition coefficient (Wildman–Crippen LogP) is 13.6. The molecule has 4 nitrogen and oxygen atoms in total. The van der Waals surface area contributed by atoms with E-state index in [-0.39, 0.29) is 37.0 Å². The van der Waals surface area contributed by atoms with Crippen molar-refractivity contribution in [1.29, 1.82) is 0 Å². The summed E-state index contributed by atoms with van der Waals surface area (Å²) in [5, 5.41) is 3.31. The fraction of sp³-hybridized carbons (Fsp3) is 0.192. The molecular formula is C52H47F2IrN3OSi-2. The molecule has 3 heterocycles. The van der Waals surface area contributed by atoms with E-state index in [4.69, 9.17) is 13.5 Å². The SMILES string of the molecule is Cc1cccc(C)c1-n1c(-c2[c-]cc3oc4c(-c5ccccc5)cccc4c3c2)nc2cc(F)ccc21.[2H]C([2H])([2H])c1c[c-]c(-c2cc(CC(C)C)c([Si](C)(C)C)cn2)c(F)c1.[Ir]. The Kier molecular flexibility index (Phi) is 11.1. The molecule has 0 aliphatic carbocycles. The maximum atomic E-state index is 14.5. The van der Waals surface area contributed by atoms with Crippen molar-refractivity contribution >= 4 is 46.2 Å². The Morgan fingerprint density at radius 3 is 2.28 bits per heavy atom. The number of para-hydroxylation sites is 2. The molecule has 0 aliphatic heterocycles. The molecule has 6 aromatic carbocycles. The number of hydrogen-bond acceptors (Lipinski definition) is 3. The number of aromatic nitrogens is 3. The van der Waals surface area contributed by atoms with Crippen molar-refractivity contribution in [2.75, 3.05) is 0 Å². The average Bonchev–Trinajstić information content (AvgIpc) is 3.78. The standard InChI is InChI=1S/C33H22FN2O.C19H25FNSi.Ir/c1-20-8-6-9-21(2)31(20)36-29-16-15-24(34)19-28(29)35-33(36)23-14-17-30-27(18-23)26-13-7-12-25(32(26)37-30)22-10-4-3-5-11-22;1-13(2)9-15-11-18(21-12-19(15)22(4,5)6)16-8-7-14(3)10-17(16)20;/h3-13,15-19H,1-2H3;7,10-13H,9H2,1-6H3;/q2*-1;/i;3D3;. The van der Waals surface area contributed by atoms with Gasteiger partial charge in [0.1, 0.15) is 11.4 Å². The Morgan fingerprint density at radius 1 is 0.833 bits per heavy atom. The van der Waals surface area contributed by atoms with Gasteiger partial charge >= 0.3 is 0 Å². The van der Waals surface area contributed by atoms with Crippen molar-refractivity contribution in [3.05, 3.63) is 167 Å². The van der Waals surface area contributed by atoms with Crippen molar-refractivity contribution in [1.82, 2.24) is 14.5 Å². The zero-order valence-electron chi connectivity index (χ0n) is 37.7. The second kappa shape index (κ2) is 17.2. The number of halogens is 2. The van der Waals surface area contributed by atoms with Gasteiger partial charge in [0.2, 0.25) is 0 Å². The van der Waals surface area contributed by atoms with Crippen LogP contribution in [0.3, 0.4) is 0 Å². The molecule has 0 unspecified atom stereocenters. The maximum absolute atomic E-state index is 14.5. The van der Waals surface area contributed by atoms with Gasteiger partial charge in [0.25, 0.3) is 0 Å². The van der Waals surface area contributed by atoms with Gasteiger partial charge in [-0.15, -0.1) is 47.5 Å². The van der Waals surface area contributed by atoms with Crippen molar-refractivity contribution < 1.29 is 37.4 Å². The number of pyridine rings is 1. The number of aryl methyl sites for hydroxylation is 3. The molecule has 8 heteroatoms. The molecule has 0 atom stereocenters. The molecule has 9 rings (SSSR count). The summed E-state index contributed by atoms with van der Waals surface area (Å²) in [6.07, 6.45) is 2.77. The van der Waals surface area contributed by atoms with Gasteiger partial charge in [0.15, 0.2) is 0 Å². The summed E-state index contributed by atoms with van der Waals surface area (Å²) < 4.78 is 59.3. The van der Waals surface area contributed by atoms with E-state index in [9.17, 15) is 8.78 Å². The molecule has 0 saturated heterocycles. The van der Waals surface area contributed by atoms with Crippen LogP contribution in [0.4, 0.5) is 8.78 Å². The Balaban J connectivity index is 0.000000202. The average molecular weight is 991 g/mol. The Morgan fingerprint density at radius 2 is 1.58 bits per heavy atom. The van der Waals surface area contributed by atoms with Crippen LogP contribution in [-0.2, 0) is 26.5 Å². The molecule has 0 amide bonds. The van der Waals surface area contributed by atoms with Crippen LogP contribution in [0.15, 0.2) is 126 Å². The monoisotopic (exact) mass is 991 g/mol. The Hall–Kier alpha value is -5.53. The van der Waals surface area contributed by atoms with E-state index in [0.717, 1.165) is 73.4 Å². The van der Waals surface area contributed by atoms with Gasteiger partial charge in [0.05, 0.1) is 30.5 Å². The smallest absolute Gasteiger partial charge is 0.128 e. The number of nitrogens with zero attached hydrogens (tertiary/aromatic N) is 3. The fourth-order valence-electron chi connectivity index (χ4n) is 7.92. The topological polar surface area (TPSA) is 43.9 Å². The molecule has 3 aromatic heterocycles. The minimum atomic E-state index is -2.34.